The molecule has 3 aromatic heterocycles. The number of nitrogens with one attached hydrogen (secondary N) is 4. The van der Waals surface area contributed by atoms with E-state index in [4.69, 9.17) is 70.4 Å². The molecule has 17 rings (SSSR count). The monoisotopic (exact) mass is 1860 g/mol. The number of ether oxygens (including phenoxy) is 7. The van der Waals surface area contributed by atoms with E-state index in [1.54, 1.807) is 21.9 Å². The Labute approximate surface area is 776 Å². The molecule has 0 unspecified atom stereocenters. The largest absolute Gasteiger partial charge is 0.481 e. The van der Waals surface area contributed by atoms with Crippen molar-refractivity contribution in [2.45, 2.75) is 117 Å². The van der Waals surface area contributed by atoms with Crippen molar-refractivity contribution in [1.29, 1.82) is 0 Å². The predicted octanol–water partition coefficient (Wildman–Crippen LogP) is 8.13. The minimum atomic E-state index is -0.774. The Balaban J connectivity index is 0.000000186. The number of aromatic nitrogens is 6. The van der Waals surface area contributed by atoms with Crippen molar-refractivity contribution in [1.82, 2.24) is 75.8 Å². The van der Waals surface area contributed by atoms with Crippen LogP contribution in [0.3, 0.4) is 0 Å². The van der Waals surface area contributed by atoms with Crippen molar-refractivity contribution >= 4 is 65.2 Å². The predicted molar refractivity (Wildman–Crippen MR) is 492 cm³/mol. The van der Waals surface area contributed by atoms with Gasteiger partial charge in [0.05, 0.1) is 72.0 Å². The van der Waals surface area contributed by atoms with Crippen LogP contribution in [-0.2, 0) is 57.1 Å². The van der Waals surface area contributed by atoms with E-state index >= 15 is 0 Å². The highest BCUT2D eigenvalue weighted by Crippen LogP contribution is 2.29. The highest BCUT2D eigenvalue weighted by atomic mass is 35.5. The number of amidine groups is 1. The number of carboxylic acids is 1. The smallest absolute Gasteiger partial charge is 0.439 e. The summed E-state index contributed by atoms with van der Waals surface area (Å²) in [6.45, 7) is 33.7. The van der Waals surface area contributed by atoms with Gasteiger partial charge < -0.3 is 114 Å². The molecule has 39 nitrogen and oxygen atoms in total. The third kappa shape index (κ3) is 38.3. The fourth-order valence-corrected chi connectivity index (χ4v) is 15.1. The molecule has 0 atom stereocenters. The van der Waals surface area contributed by atoms with E-state index < -0.39 is 22.9 Å². The second-order valence-corrected chi connectivity index (χ2v) is 34.2. The Bertz CT molecular complexity index is 4420. The number of hydrogen-bond acceptors (Lipinski definition) is 30. The van der Waals surface area contributed by atoms with Crippen molar-refractivity contribution in [2.75, 3.05) is 209 Å². The molecule has 7 aromatic rings. The normalized spacial score (nSPS) is 18.4. The number of carbonyl (C=O) groups excluding carboxylic acids is 6. The highest BCUT2D eigenvalue weighted by molar-refractivity contribution is 6.27. The van der Waals surface area contributed by atoms with E-state index in [1.165, 1.54) is 0 Å². The number of aliphatic carboxylic acids is 1. The Morgan fingerprint density at radius 2 is 0.735 bits per heavy atom. The van der Waals surface area contributed by atoms with Gasteiger partial charge >= 0.3 is 35.3 Å². The summed E-state index contributed by atoms with van der Waals surface area (Å²) < 4.78 is 51.0. The van der Waals surface area contributed by atoms with Crippen molar-refractivity contribution in [3.63, 3.8) is 0 Å². The number of rotatable bonds is 10. The molecular weight excluding hydrogens is 1730 g/mol. The third-order valence-corrected chi connectivity index (χ3v) is 22.3. The number of amides is 6. The number of nitrogens with two attached hydrogens (primary N) is 1. The first-order valence-corrected chi connectivity index (χ1v) is 45.8. The standard InChI is InChI=1S/C18H22N4O3.C15H26N2O4.C11H19NO4.2C10H18N2O2.C8H5ClN2O.C8H6N2O2.C7H8N2O.C4H9NO.CH4O/c23-17(21-10-12-24-13-11-21)15-6-8-22(9-7-15)18-19-16(20-25-18)14-4-2-1-3-5-14;1-15(2,3)21-14(19)17-6-4-12(5-7-17)13(18)16-8-10-20-11-9-16;1-11(2,3)16-10(15)12-6-4-8(5-7-12)9(13)14;2*13-10(9-1-3-11-4-2-9)12-5-7-14-8-6-12;9-8-10-7(11-12-8)6-4-2-1-3-5-6;11-8-9-7(10-12-8)6-4-2-1-3-5-6;8-7(9-10)6-4-2-1-3-5-6;1-3-6-4-2-5-1;1-2/h1-5,15H,6-13H2;12H,4-11H2,1-3H3;8H,4-7H2,1-3H3,(H,13,14);2*9,11H,1-8H2;1-5H;1-5H,(H,9,10,11);1-5,10H,(H2,8,9);5H,1-4H2;2H,1H3. The Hall–Kier alpha value is -11.0. The number of piperidine rings is 5. The van der Waals surface area contributed by atoms with Gasteiger partial charge in [-0.25, -0.2) is 14.4 Å². The topological polar surface area (TPSA) is 479 Å². The third-order valence-electron chi connectivity index (χ3n) is 22.2. The van der Waals surface area contributed by atoms with Crippen LogP contribution in [0.25, 0.3) is 34.2 Å². The SMILES string of the molecule is C1COCCN1.CC(C)(C)OC(=O)N1CCC(C(=O)N2CCOCC2)CC1.CC(C)(C)OC(=O)N1CCC(C(=O)O)CC1.CO.Clc1nc(-c2ccccc2)no1.NC(=NO)c1ccccc1.O=C(C1CCN(c2nc(-c3ccccc3)no2)CC1)N1CCOCC1.O=C(C1CCNCC1)N1CCOCC1.O=C(C1CCNCC1)N1CCOCC1.O=c1[nH]c(-c2ccccc2)no1. The van der Waals surface area contributed by atoms with Gasteiger partial charge in [-0.05, 0) is 144 Å². The van der Waals surface area contributed by atoms with E-state index in [0.717, 1.165) is 172 Å². The highest BCUT2D eigenvalue weighted by Gasteiger charge is 2.36. The number of morpholine rings is 5. The zero-order chi connectivity index (χ0) is 94.9. The second kappa shape index (κ2) is 58.1. The van der Waals surface area contributed by atoms with Gasteiger partial charge in [-0.15, -0.1) is 0 Å². The van der Waals surface area contributed by atoms with Crippen LogP contribution in [0.1, 0.15) is 111 Å². The molecule has 4 aromatic carbocycles. The molecule has 0 radical (unpaired) electrons. The number of oxime groups is 1. The summed E-state index contributed by atoms with van der Waals surface area (Å²) in [7, 11) is 1.00. The number of aromatic amines is 1. The number of nitrogens with zero attached hydrogens (tertiary/aromatic N) is 13. The summed E-state index contributed by atoms with van der Waals surface area (Å²) in [5, 5.41) is 48.0. The number of halogens is 1. The summed E-state index contributed by atoms with van der Waals surface area (Å²) in [6, 6.07) is 38.2. The van der Waals surface area contributed by atoms with Gasteiger partial charge in [0, 0.05) is 158 Å². The van der Waals surface area contributed by atoms with Crippen LogP contribution in [0.5, 0.6) is 0 Å². The van der Waals surface area contributed by atoms with Crippen LogP contribution >= 0.6 is 11.6 Å². The Morgan fingerprint density at radius 3 is 1.05 bits per heavy atom. The number of H-pyrrole nitrogens is 1. The molecule has 0 saturated carbocycles. The van der Waals surface area contributed by atoms with Crippen molar-refractivity contribution < 1.29 is 95.7 Å². The summed E-state index contributed by atoms with van der Waals surface area (Å²) in [4.78, 5) is 118. The molecule has 10 aliphatic heterocycles. The maximum atomic E-state index is 12.6. The van der Waals surface area contributed by atoms with Crippen molar-refractivity contribution in [3.05, 3.63) is 143 Å². The number of hydrogen-bond donors (Lipinski definition) is 8. The van der Waals surface area contributed by atoms with Crippen molar-refractivity contribution in [2.24, 2.45) is 40.5 Å². The lowest BCUT2D eigenvalue weighted by molar-refractivity contribution is -0.143. The van der Waals surface area contributed by atoms with E-state index in [2.05, 4.69) is 65.5 Å². The van der Waals surface area contributed by atoms with Gasteiger partial charge in [-0.3, -0.25) is 33.5 Å². The molecule has 726 valence electrons. The molecule has 40 heteroatoms. The number of aliphatic hydroxyl groups is 1. The van der Waals surface area contributed by atoms with Gasteiger partial charge in [0.15, 0.2) is 11.7 Å². The lowest BCUT2D eigenvalue weighted by atomic mass is 9.95. The number of aliphatic hydroxyl groups excluding tert-OH is 1. The second-order valence-electron chi connectivity index (χ2n) is 33.9. The van der Waals surface area contributed by atoms with Gasteiger partial charge in [0.2, 0.25) is 35.3 Å². The van der Waals surface area contributed by atoms with Crippen molar-refractivity contribution in [3.8, 4) is 34.2 Å². The lowest BCUT2D eigenvalue weighted by Crippen LogP contribution is -2.48. The van der Waals surface area contributed by atoms with E-state index in [0.29, 0.717) is 153 Å². The number of likely N-dealkylation sites (tertiary alicyclic amines) is 2. The number of benzene rings is 4. The first-order valence-electron chi connectivity index (χ1n) is 45.4. The van der Waals surface area contributed by atoms with E-state index in [-0.39, 0.29) is 64.8 Å². The summed E-state index contributed by atoms with van der Waals surface area (Å²) in [6.07, 6.45) is 7.45. The maximum Gasteiger partial charge on any atom is 0.439 e. The van der Waals surface area contributed by atoms with Crippen LogP contribution in [0.2, 0.25) is 5.35 Å². The first kappa shape index (κ1) is 106. The fraction of sp³-hybridized carbons (Fsp3) is 0.587. The summed E-state index contributed by atoms with van der Waals surface area (Å²) >= 11 is 5.47. The number of carbonyl (C=O) groups is 7. The zero-order valence-corrected chi connectivity index (χ0v) is 77.9. The van der Waals surface area contributed by atoms with E-state index in [9.17, 15) is 38.4 Å². The maximum absolute atomic E-state index is 12.6. The van der Waals surface area contributed by atoms with Crippen LogP contribution in [0.15, 0.2) is 145 Å². The minimum Gasteiger partial charge on any atom is -0.481 e. The van der Waals surface area contributed by atoms with Crippen LogP contribution in [0, 0.1) is 29.6 Å². The molecule has 6 amide bonds. The molecule has 0 aliphatic carbocycles. The molecule has 13 heterocycles. The molecule has 0 bridgehead atoms. The fourth-order valence-electron chi connectivity index (χ4n) is 15.0. The number of anilines is 1. The van der Waals surface area contributed by atoms with Gasteiger partial charge in [0.1, 0.15) is 11.2 Å². The minimum absolute atomic E-state index is 0.0294. The van der Waals surface area contributed by atoms with Gasteiger partial charge in [-0.2, -0.15) is 9.97 Å². The summed E-state index contributed by atoms with van der Waals surface area (Å²) in [5.41, 5.74) is 7.72. The van der Waals surface area contributed by atoms with Gasteiger partial charge in [0.25, 0.3) is 0 Å². The molecule has 10 saturated heterocycles. The van der Waals surface area contributed by atoms with Crippen LogP contribution in [-0.4, -0.2) is 338 Å². The lowest BCUT2D eigenvalue weighted by Gasteiger charge is -2.36. The molecule has 132 heavy (non-hydrogen) atoms. The first-order chi connectivity index (χ1) is 63.8. The molecule has 0 spiro atoms. The Kier molecular flexibility index (Phi) is 46.8. The average molecular weight is 1860 g/mol. The van der Waals surface area contributed by atoms with Gasteiger partial charge in [-0.1, -0.05) is 142 Å². The quantitative estimate of drug-likeness (QED) is 0.0277. The molecule has 10 aliphatic rings. The van der Waals surface area contributed by atoms with E-state index in [1.807, 2.05) is 170 Å². The molecular formula is C92H135ClN18O21. The van der Waals surface area contributed by atoms with Crippen LogP contribution in [0.4, 0.5) is 15.6 Å². The molecule has 9 N–H and O–H groups in total. The Morgan fingerprint density at radius 1 is 0.409 bits per heavy atom. The zero-order valence-electron chi connectivity index (χ0n) is 77.2. The van der Waals surface area contributed by atoms with Crippen LogP contribution < -0.4 is 32.3 Å². The number of carboxylic acid groups (broad SMARTS) is 1. The average Bonchev–Trinajstić information content (AvgIpc) is 1.45. The molecule has 10 fully saturated rings. The summed E-state index contributed by atoms with van der Waals surface area (Å²) in [5.74, 6) is 1.88.